The van der Waals surface area contributed by atoms with Crippen molar-refractivity contribution in [2.45, 2.75) is 59.8 Å². The van der Waals surface area contributed by atoms with Crippen LogP contribution < -0.4 is 9.30 Å². The van der Waals surface area contributed by atoms with Crippen LogP contribution in [0.2, 0.25) is 0 Å². The minimum Gasteiger partial charge on any atom is -0.458 e. The summed E-state index contributed by atoms with van der Waals surface area (Å²) in [5.74, 6) is 2.55. The molecule has 366 valence electrons. The molecule has 0 aliphatic rings. The number of pyridine rings is 1. The topological polar surface area (TPSA) is 35.9 Å². The van der Waals surface area contributed by atoms with Crippen molar-refractivity contribution in [3.8, 4) is 73.2 Å². The molecule has 0 saturated heterocycles. The van der Waals surface area contributed by atoms with E-state index in [4.69, 9.17) is 9.72 Å². The monoisotopic (exact) mass is 972 g/mol. The Hall–Kier alpha value is -8.80. The van der Waals surface area contributed by atoms with Gasteiger partial charge < -0.3 is 4.74 Å². The van der Waals surface area contributed by atoms with Gasteiger partial charge in [0.25, 0.3) is 6.33 Å². The molecule has 0 spiro atoms. The molecule has 1 atom stereocenters. The number of hydrogen-bond donors (Lipinski definition) is 0. The predicted molar refractivity (Wildman–Crippen MR) is 311 cm³/mol. The Morgan fingerprint density at radius 3 is 1.75 bits per heavy atom. The first-order chi connectivity index (χ1) is 36.4. The van der Waals surface area contributed by atoms with Crippen LogP contribution in [0.4, 0.5) is 0 Å². The van der Waals surface area contributed by atoms with Gasteiger partial charge in [-0.05, 0) is 115 Å². The highest BCUT2D eigenvalue weighted by Crippen LogP contribution is 2.43. The minimum atomic E-state index is 0.00237. The molecule has 0 aliphatic heterocycles. The summed E-state index contributed by atoms with van der Waals surface area (Å²) in [7, 11) is 0. The number of imidazole rings is 1. The van der Waals surface area contributed by atoms with E-state index in [-0.39, 0.29) is 16.7 Å². The molecule has 0 saturated carbocycles. The van der Waals surface area contributed by atoms with Crippen molar-refractivity contribution in [3.05, 3.63) is 248 Å². The molecule has 3 aromatic heterocycles. The molecule has 5 heteroatoms. The van der Waals surface area contributed by atoms with E-state index < -0.39 is 0 Å². The third-order valence-electron chi connectivity index (χ3n) is 15.1. The molecule has 12 rings (SSSR count). The first-order valence-electron chi connectivity index (χ1n) is 26.1. The molecule has 0 bridgehead atoms. The lowest BCUT2D eigenvalue weighted by Crippen LogP contribution is -2.31. The first-order valence-corrected chi connectivity index (χ1v) is 26.1. The van der Waals surface area contributed by atoms with E-state index in [1.165, 1.54) is 27.8 Å². The summed E-state index contributed by atoms with van der Waals surface area (Å²) >= 11 is 0. The maximum atomic E-state index is 6.94. The Labute approximate surface area is 440 Å². The fourth-order valence-corrected chi connectivity index (χ4v) is 10.6. The molecule has 0 aliphatic carbocycles. The van der Waals surface area contributed by atoms with Gasteiger partial charge in [0.1, 0.15) is 17.3 Å². The van der Waals surface area contributed by atoms with Crippen LogP contribution in [0.1, 0.15) is 65.5 Å². The summed E-state index contributed by atoms with van der Waals surface area (Å²) in [6.45, 7) is 16.1. The van der Waals surface area contributed by atoms with Crippen LogP contribution in [0.3, 0.4) is 0 Å². The molecule has 0 fully saturated rings. The fraction of sp³-hybridized carbons (Fsp3) is 0.143. The van der Waals surface area contributed by atoms with Crippen LogP contribution in [0.25, 0.3) is 94.5 Å². The van der Waals surface area contributed by atoms with Crippen molar-refractivity contribution in [2.75, 3.05) is 0 Å². The van der Waals surface area contributed by atoms with E-state index in [1.807, 2.05) is 6.07 Å². The van der Waals surface area contributed by atoms with Crippen LogP contribution in [0.15, 0.2) is 231 Å². The van der Waals surface area contributed by atoms with Gasteiger partial charge in [-0.1, -0.05) is 218 Å². The lowest BCUT2D eigenvalue weighted by molar-refractivity contribution is -0.571. The number of para-hydroxylation sites is 3. The summed E-state index contributed by atoms with van der Waals surface area (Å²) in [6.07, 6.45) is 5.92. The molecule has 0 radical (unpaired) electrons. The number of fused-ring (bicyclic) bond motifs is 4. The molecule has 75 heavy (non-hydrogen) atoms. The number of rotatable bonds is 10. The van der Waals surface area contributed by atoms with Crippen LogP contribution in [-0.4, -0.2) is 14.1 Å². The standard InChI is InChI=1S/C70H60N4O/c1-47(69(2,3)4)60-44-67(71-45-62(60)51-33-36-53(37-34-51)70(5,6)7)74-63-40-35-52(48-21-11-8-12-22-48)41-61(63)59-39-38-56(43-66(59)74)75-55-28-19-27-54(42-55)72-46-73(65-32-18-17-31-64(65)72)68-57(49-23-13-9-14-24-49)29-20-30-58(68)50-25-15-10-16-26-50/h8-45,47H,1-7H3. The van der Waals surface area contributed by atoms with E-state index in [2.05, 4.69) is 293 Å². The SMILES string of the molecule is CC(c1cc(-n2c3ccc(-c4ccccc4)cc3c3ccc(Oc4cccc(-n5[c-][n+](-c6c(-c7ccccc7)cccc6-c6ccccc6)c6ccccc65)c4)cc32)ncc1-c1ccc(C(C)(C)C)cc1)C(C)(C)C. The highest BCUT2D eigenvalue weighted by atomic mass is 16.5. The van der Waals surface area contributed by atoms with Crippen LogP contribution in [-0.2, 0) is 5.41 Å². The van der Waals surface area contributed by atoms with Gasteiger partial charge in [0.2, 0.25) is 0 Å². The maximum absolute atomic E-state index is 6.94. The third-order valence-corrected chi connectivity index (χ3v) is 15.1. The zero-order valence-corrected chi connectivity index (χ0v) is 43.7. The van der Waals surface area contributed by atoms with E-state index in [0.29, 0.717) is 0 Å². The molecular weight excluding hydrogens is 913 g/mol. The molecule has 1 unspecified atom stereocenters. The van der Waals surface area contributed by atoms with Crippen molar-refractivity contribution in [1.29, 1.82) is 0 Å². The Balaban J connectivity index is 0.980. The molecule has 9 aromatic carbocycles. The number of benzene rings is 9. The van der Waals surface area contributed by atoms with Crippen molar-refractivity contribution in [2.24, 2.45) is 5.41 Å². The fourth-order valence-electron chi connectivity index (χ4n) is 10.6. The van der Waals surface area contributed by atoms with Crippen molar-refractivity contribution in [3.63, 3.8) is 0 Å². The zero-order valence-electron chi connectivity index (χ0n) is 43.7. The Kier molecular flexibility index (Phi) is 11.9. The van der Waals surface area contributed by atoms with Crippen LogP contribution in [0.5, 0.6) is 11.5 Å². The number of ether oxygens (including phenoxy) is 1. The summed E-state index contributed by atoms with van der Waals surface area (Å²) in [4.78, 5) is 5.34. The van der Waals surface area contributed by atoms with E-state index in [1.54, 1.807) is 0 Å². The van der Waals surface area contributed by atoms with Gasteiger partial charge in [0.05, 0.1) is 33.4 Å². The lowest BCUT2D eigenvalue weighted by Gasteiger charge is -2.30. The van der Waals surface area contributed by atoms with Gasteiger partial charge in [0.15, 0.2) is 0 Å². The molecule has 3 heterocycles. The van der Waals surface area contributed by atoms with Crippen molar-refractivity contribution in [1.82, 2.24) is 14.1 Å². The van der Waals surface area contributed by atoms with E-state index >= 15 is 0 Å². The second-order valence-corrected chi connectivity index (χ2v) is 21.9. The molecule has 0 N–H and O–H groups in total. The average Bonchev–Trinajstić information content (AvgIpc) is 3.99. The van der Waals surface area contributed by atoms with Crippen LogP contribution >= 0.6 is 0 Å². The maximum Gasteiger partial charge on any atom is 0.269 e. The lowest BCUT2D eigenvalue weighted by atomic mass is 9.75. The zero-order chi connectivity index (χ0) is 51.4. The predicted octanol–water partition coefficient (Wildman–Crippen LogP) is 18.1. The van der Waals surface area contributed by atoms with Gasteiger partial charge in [-0.3, -0.25) is 13.7 Å². The van der Waals surface area contributed by atoms with Gasteiger partial charge >= 0.3 is 0 Å². The van der Waals surface area contributed by atoms with E-state index in [0.717, 1.165) is 89.3 Å². The summed E-state index contributed by atoms with van der Waals surface area (Å²) in [6, 6.07) is 80.0. The smallest absolute Gasteiger partial charge is 0.269 e. The van der Waals surface area contributed by atoms with Gasteiger partial charge in [-0.25, -0.2) is 4.98 Å². The summed E-state index contributed by atoms with van der Waals surface area (Å²) in [5.41, 5.74) is 18.0. The highest BCUT2D eigenvalue weighted by molar-refractivity contribution is 6.10. The third kappa shape index (κ3) is 8.89. The Bertz CT molecular complexity index is 3990. The number of hydrogen-bond acceptors (Lipinski definition) is 2. The van der Waals surface area contributed by atoms with Crippen LogP contribution in [0, 0.1) is 11.7 Å². The average molecular weight is 973 g/mol. The summed E-state index contributed by atoms with van der Waals surface area (Å²) in [5, 5.41) is 2.28. The van der Waals surface area contributed by atoms with Gasteiger partial charge in [0, 0.05) is 28.6 Å². The second kappa shape index (κ2) is 18.9. The molecule has 5 nitrogen and oxygen atoms in total. The second-order valence-electron chi connectivity index (χ2n) is 21.9. The largest absolute Gasteiger partial charge is 0.458 e. The molecule has 12 aromatic rings. The van der Waals surface area contributed by atoms with E-state index in [9.17, 15) is 0 Å². The Morgan fingerprint density at radius 1 is 0.480 bits per heavy atom. The first kappa shape index (κ1) is 47.2. The van der Waals surface area contributed by atoms with Crippen molar-refractivity contribution >= 4 is 32.8 Å². The van der Waals surface area contributed by atoms with Crippen molar-refractivity contribution < 1.29 is 9.30 Å². The van der Waals surface area contributed by atoms with Gasteiger partial charge in [-0.2, -0.15) is 0 Å². The Morgan fingerprint density at radius 2 is 1.08 bits per heavy atom. The molecular formula is C70H60N4O. The normalized spacial score (nSPS) is 12.4. The quantitative estimate of drug-likeness (QED) is 0.101. The minimum absolute atomic E-state index is 0.00237. The number of aromatic nitrogens is 4. The molecule has 0 amide bonds. The highest BCUT2D eigenvalue weighted by Gasteiger charge is 2.27. The summed E-state index contributed by atoms with van der Waals surface area (Å²) < 4.78 is 13.6. The van der Waals surface area contributed by atoms with Gasteiger partial charge in [-0.15, -0.1) is 0 Å². The number of nitrogens with zero attached hydrogens (tertiary/aromatic N) is 4.